The van der Waals surface area contributed by atoms with Crippen molar-refractivity contribution < 1.29 is 18.0 Å². The molecule has 0 radical (unpaired) electrons. The van der Waals surface area contributed by atoms with E-state index in [9.17, 15) is 18.0 Å². The fraction of sp³-hybridized carbons (Fsp3) is 0.562. The Morgan fingerprint density at radius 3 is 2.64 bits per heavy atom. The number of halogens is 3. The van der Waals surface area contributed by atoms with Crippen LogP contribution in [0.3, 0.4) is 0 Å². The number of likely N-dealkylation sites (N-methyl/N-ethyl adjacent to an activating group) is 1. The van der Waals surface area contributed by atoms with Gasteiger partial charge in [-0.15, -0.1) is 0 Å². The van der Waals surface area contributed by atoms with Gasteiger partial charge in [0.05, 0.1) is 12.1 Å². The van der Waals surface area contributed by atoms with E-state index in [-0.39, 0.29) is 12.5 Å². The lowest BCUT2D eigenvalue weighted by atomic mass is 10.1. The third-order valence-electron chi connectivity index (χ3n) is 4.07. The zero-order valence-corrected chi connectivity index (χ0v) is 12.6. The summed E-state index contributed by atoms with van der Waals surface area (Å²) >= 11 is 0. The molecule has 1 aliphatic rings. The zero-order valence-electron chi connectivity index (χ0n) is 12.6. The van der Waals surface area contributed by atoms with Crippen molar-refractivity contribution >= 4 is 11.6 Å². The van der Waals surface area contributed by atoms with Crippen LogP contribution in [0.15, 0.2) is 24.3 Å². The second-order valence-corrected chi connectivity index (χ2v) is 5.86. The Balaban J connectivity index is 1.85. The van der Waals surface area contributed by atoms with E-state index < -0.39 is 11.7 Å². The van der Waals surface area contributed by atoms with E-state index >= 15 is 0 Å². The van der Waals surface area contributed by atoms with Crippen LogP contribution in [-0.2, 0) is 11.0 Å². The maximum absolute atomic E-state index is 12.6. The van der Waals surface area contributed by atoms with Gasteiger partial charge in [0, 0.05) is 19.3 Å². The van der Waals surface area contributed by atoms with Crippen molar-refractivity contribution in [1.82, 2.24) is 4.90 Å². The maximum Gasteiger partial charge on any atom is 0.416 e. The molecule has 0 aliphatic heterocycles. The molecule has 1 aliphatic carbocycles. The number of alkyl halides is 3. The number of rotatable bonds is 5. The Labute approximate surface area is 128 Å². The van der Waals surface area contributed by atoms with Crippen LogP contribution in [0.1, 0.15) is 31.2 Å². The molecular formula is C16H21F3N2O. The van der Waals surface area contributed by atoms with Gasteiger partial charge in [-0.1, -0.05) is 18.9 Å². The van der Waals surface area contributed by atoms with E-state index in [0.717, 1.165) is 31.5 Å². The van der Waals surface area contributed by atoms with Crippen LogP contribution in [-0.4, -0.2) is 30.9 Å². The highest BCUT2D eigenvalue weighted by atomic mass is 19.4. The van der Waals surface area contributed by atoms with Crippen LogP contribution in [0, 0.1) is 5.92 Å². The summed E-state index contributed by atoms with van der Waals surface area (Å²) in [6.45, 7) is 0.730. The van der Waals surface area contributed by atoms with E-state index in [1.54, 1.807) is 11.9 Å². The van der Waals surface area contributed by atoms with Crippen LogP contribution in [0.5, 0.6) is 0 Å². The molecule has 1 fully saturated rings. The zero-order chi connectivity index (χ0) is 16.2. The summed E-state index contributed by atoms with van der Waals surface area (Å²) in [5, 5.41) is 2.77. The fourth-order valence-corrected chi connectivity index (χ4v) is 2.80. The van der Waals surface area contributed by atoms with E-state index in [2.05, 4.69) is 5.32 Å². The summed E-state index contributed by atoms with van der Waals surface area (Å²) in [6.07, 6.45) is 0.364. The van der Waals surface area contributed by atoms with E-state index in [1.807, 2.05) is 0 Å². The number of amides is 1. The number of anilines is 1. The average molecular weight is 314 g/mol. The third-order valence-corrected chi connectivity index (χ3v) is 4.07. The lowest BCUT2D eigenvalue weighted by Crippen LogP contribution is -2.35. The van der Waals surface area contributed by atoms with E-state index in [0.29, 0.717) is 11.6 Å². The summed E-state index contributed by atoms with van der Waals surface area (Å²) in [6, 6.07) is 4.89. The van der Waals surface area contributed by atoms with Crippen molar-refractivity contribution in [3.05, 3.63) is 29.8 Å². The normalized spacial score (nSPS) is 15.8. The smallest absolute Gasteiger partial charge is 0.376 e. The highest BCUT2D eigenvalue weighted by molar-refractivity contribution is 5.80. The monoisotopic (exact) mass is 314 g/mol. The molecule has 1 saturated carbocycles. The van der Waals surface area contributed by atoms with Gasteiger partial charge in [-0.05, 0) is 37.0 Å². The molecule has 0 saturated heterocycles. The van der Waals surface area contributed by atoms with Crippen LogP contribution >= 0.6 is 0 Å². The molecule has 0 spiro atoms. The topological polar surface area (TPSA) is 32.3 Å². The quantitative estimate of drug-likeness (QED) is 0.897. The minimum Gasteiger partial charge on any atom is -0.376 e. The van der Waals surface area contributed by atoms with E-state index in [4.69, 9.17) is 0 Å². The molecule has 1 amide bonds. The molecule has 0 atom stereocenters. The number of carbonyl (C=O) groups excluding carboxylic acids is 1. The SMILES string of the molecule is CN(CC1CCCC1)C(=O)CNc1cccc(C(F)(F)F)c1. The highest BCUT2D eigenvalue weighted by Crippen LogP contribution is 2.30. The number of nitrogens with zero attached hydrogens (tertiary/aromatic N) is 1. The fourth-order valence-electron chi connectivity index (χ4n) is 2.80. The Bertz CT molecular complexity index is 510. The van der Waals surface area contributed by atoms with Gasteiger partial charge in [-0.25, -0.2) is 0 Å². The van der Waals surface area contributed by atoms with Crippen molar-refractivity contribution in [2.45, 2.75) is 31.9 Å². The molecular weight excluding hydrogens is 293 g/mol. The highest BCUT2D eigenvalue weighted by Gasteiger charge is 2.30. The minimum atomic E-state index is -4.37. The second-order valence-electron chi connectivity index (χ2n) is 5.86. The van der Waals surface area contributed by atoms with Crippen molar-refractivity contribution in [2.75, 3.05) is 25.5 Å². The number of nitrogens with one attached hydrogen (secondary N) is 1. The molecule has 1 aromatic carbocycles. The van der Waals surface area contributed by atoms with Gasteiger partial charge in [0.2, 0.25) is 5.91 Å². The first-order valence-corrected chi connectivity index (χ1v) is 7.51. The third kappa shape index (κ3) is 4.64. The van der Waals surface area contributed by atoms with Gasteiger partial charge in [0.25, 0.3) is 0 Å². The summed E-state index contributed by atoms with van der Waals surface area (Å²) in [5.74, 6) is 0.451. The van der Waals surface area contributed by atoms with Crippen LogP contribution in [0.25, 0.3) is 0 Å². The Morgan fingerprint density at radius 2 is 2.00 bits per heavy atom. The summed E-state index contributed by atoms with van der Waals surface area (Å²) in [5.41, 5.74) is -0.415. The molecule has 1 N–H and O–H groups in total. The Morgan fingerprint density at radius 1 is 1.32 bits per heavy atom. The van der Waals surface area contributed by atoms with Crippen molar-refractivity contribution in [3.8, 4) is 0 Å². The maximum atomic E-state index is 12.6. The average Bonchev–Trinajstić information content (AvgIpc) is 2.97. The Kier molecular flexibility index (Phi) is 5.32. The minimum absolute atomic E-state index is 0.00449. The number of hydrogen-bond acceptors (Lipinski definition) is 2. The largest absolute Gasteiger partial charge is 0.416 e. The molecule has 6 heteroatoms. The molecule has 1 aromatic rings. The van der Waals surface area contributed by atoms with Gasteiger partial charge in [0.1, 0.15) is 0 Å². The lowest BCUT2D eigenvalue weighted by molar-refractivity contribution is -0.137. The summed E-state index contributed by atoms with van der Waals surface area (Å²) in [7, 11) is 1.74. The van der Waals surface area contributed by atoms with Gasteiger partial charge in [-0.2, -0.15) is 13.2 Å². The number of benzene rings is 1. The molecule has 2 rings (SSSR count). The van der Waals surface area contributed by atoms with Gasteiger partial charge in [0.15, 0.2) is 0 Å². The molecule has 3 nitrogen and oxygen atoms in total. The molecule has 0 heterocycles. The Hall–Kier alpha value is -1.72. The molecule has 0 aromatic heterocycles. The molecule has 122 valence electrons. The molecule has 22 heavy (non-hydrogen) atoms. The number of carbonyl (C=O) groups is 1. The van der Waals surface area contributed by atoms with Crippen LogP contribution in [0.2, 0.25) is 0 Å². The first-order chi connectivity index (χ1) is 10.4. The predicted octanol–water partition coefficient (Wildman–Crippen LogP) is 3.77. The van der Waals surface area contributed by atoms with Crippen LogP contribution < -0.4 is 5.32 Å². The molecule has 0 bridgehead atoms. The second kappa shape index (κ2) is 7.03. The van der Waals surface area contributed by atoms with Crippen molar-refractivity contribution in [2.24, 2.45) is 5.92 Å². The first kappa shape index (κ1) is 16.6. The first-order valence-electron chi connectivity index (χ1n) is 7.51. The number of hydrogen-bond donors (Lipinski definition) is 1. The predicted molar refractivity (Wildman–Crippen MR) is 79.5 cm³/mol. The standard InChI is InChI=1S/C16H21F3N2O/c1-21(11-12-5-2-3-6-12)15(22)10-20-14-8-4-7-13(9-14)16(17,18)19/h4,7-9,12,20H,2-3,5-6,10-11H2,1H3. The summed E-state index contributed by atoms with van der Waals surface area (Å²) in [4.78, 5) is 13.7. The van der Waals surface area contributed by atoms with Gasteiger partial charge < -0.3 is 10.2 Å². The van der Waals surface area contributed by atoms with Gasteiger partial charge >= 0.3 is 6.18 Å². The molecule has 0 unspecified atom stereocenters. The van der Waals surface area contributed by atoms with Gasteiger partial charge in [-0.3, -0.25) is 4.79 Å². The van der Waals surface area contributed by atoms with E-state index in [1.165, 1.54) is 25.0 Å². The van der Waals surface area contributed by atoms with Crippen LogP contribution in [0.4, 0.5) is 18.9 Å². The lowest BCUT2D eigenvalue weighted by Gasteiger charge is -2.21. The summed E-state index contributed by atoms with van der Waals surface area (Å²) < 4.78 is 37.9. The van der Waals surface area contributed by atoms with Crippen molar-refractivity contribution in [3.63, 3.8) is 0 Å². The van der Waals surface area contributed by atoms with Crippen molar-refractivity contribution in [1.29, 1.82) is 0 Å².